The largest absolute Gasteiger partial charge is 0.352 e. The van der Waals surface area contributed by atoms with Gasteiger partial charge in [-0.15, -0.1) is 0 Å². The number of nitrogens with zero attached hydrogens (tertiary/aromatic N) is 1. The molecular weight excluding hydrogens is 266 g/mol. The van der Waals surface area contributed by atoms with Crippen molar-refractivity contribution in [2.75, 3.05) is 25.4 Å². The first-order valence-electron chi connectivity index (χ1n) is 6.89. The van der Waals surface area contributed by atoms with Crippen molar-refractivity contribution in [1.29, 1.82) is 0 Å². The molecule has 6 nitrogen and oxygen atoms in total. The molecule has 2 atom stereocenters. The van der Waals surface area contributed by atoms with Crippen LogP contribution in [0.1, 0.15) is 33.6 Å². The second kappa shape index (κ2) is 7.21. The number of sulfonamides is 1. The zero-order valence-corrected chi connectivity index (χ0v) is 12.8. The Kier molecular flexibility index (Phi) is 6.22. The van der Waals surface area contributed by atoms with Crippen molar-refractivity contribution in [2.45, 2.75) is 45.7 Å². The van der Waals surface area contributed by atoms with Crippen molar-refractivity contribution in [3.8, 4) is 0 Å². The lowest BCUT2D eigenvalue weighted by molar-refractivity contribution is -0.119. The summed E-state index contributed by atoms with van der Waals surface area (Å²) < 4.78 is 25.2. The average molecular weight is 291 g/mol. The van der Waals surface area contributed by atoms with Gasteiger partial charge in [-0.25, -0.2) is 12.7 Å². The smallest absolute Gasteiger partial charge is 0.236 e. The van der Waals surface area contributed by atoms with Crippen molar-refractivity contribution < 1.29 is 13.2 Å². The van der Waals surface area contributed by atoms with E-state index in [0.29, 0.717) is 19.1 Å². The Bertz CT molecular complexity index is 393. The lowest BCUT2D eigenvalue weighted by Gasteiger charge is -2.29. The van der Waals surface area contributed by atoms with E-state index in [1.54, 1.807) is 13.8 Å². The highest BCUT2D eigenvalue weighted by atomic mass is 32.2. The Morgan fingerprint density at radius 2 is 2.00 bits per heavy atom. The first-order chi connectivity index (χ1) is 8.89. The molecule has 1 rings (SSSR count). The van der Waals surface area contributed by atoms with E-state index in [9.17, 15) is 13.2 Å². The van der Waals surface area contributed by atoms with Gasteiger partial charge in [0, 0.05) is 25.2 Å². The Morgan fingerprint density at radius 1 is 1.37 bits per heavy atom. The van der Waals surface area contributed by atoms with Gasteiger partial charge in [-0.3, -0.25) is 4.79 Å². The molecule has 1 aliphatic rings. The van der Waals surface area contributed by atoms with Crippen molar-refractivity contribution in [1.82, 2.24) is 14.9 Å². The number of carbonyl (C=O) groups is 1. The normalized spacial score (nSPS) is 24.4. The van der Waals surface area contributed by atoms with Gasteiger partial charge >= 0.3 is 0 Å². The topological polar surface area (TPSA) is 78.5 Å². The maximum atomic E-state index is 12.0. The first-order valence-corrected chi connectivity index (χ1v) is 8.50. The third kappa shape index (κ3) is 5.08. The van der Waals surface area contributed by atoms with E-state index < -0.39 is 21.7 Å². The minimum Gasteiger partial charge on any atom is -0.352 e. The van der Waals surface area contributed by atoms with E-state index in [4.69, 9.17) is 0 Å². The van der Waals surface area contributed by atoms with Gasteiger partial charge in [0.2, 0.25) is 15.9 Å². The number of piperidine rings is 1. The average Bonchev–Trinajstić information content (AvgIpc) is 2.28. The molecule has 112 valence electrons. The van der Waals surface area contributed by atoms with E-state index >= 15 is 0 Å². The number of hydrogen-bond acceptors (Lipinski definition) is 4. The highest BCUT2D eigenvalue weighted by molar-refractivity contribution is 7.89. The Morgan fingerprint density at radius 3 is 2.53 bits per heavy atom. The standard InChI is InChI=1S/C12H25N3O3S/c1-4-15(5-2)19(17,18)9-12(16)14-11-6-7-13-10(3)8-11/h10-11,13H,4-9H2,1-3H3,(H,14,16). The molecule has 0 aliphatic carbocycles. The fourth-order valence-corrected chi connectivity index (χ4v) is 3.79. The second-order valence-electron chi connectivity index (χ2n) is 4.98. The van der Waals surface area contributed by atoms with Gasteiger partial charge in [0.05, 0.1) is 0 Å². The van der Waals surface area contributed by atoms with E-state index in [0.717, 1.165) is 19.4 Å². The van der Waals surface area contributed by atoms with Gasteiger partial charge in [-0.1, -0.05) is 13.8 Å². The van der Waals surface area contributed by atoms with Crippen molar-refractivity contribution in [2.24, 2.45) is 0 Å². The van der Waals surface area contributed by atoms with Gasteiger partial charge in [0.1, 0.15) is 5.75 Å². The van der Waals surface area contributed by atoms with Crippen molar-refractivity contribution >= 4 is 15.9 Å². The van der Waals surface area contributed by atoms with Gasteiger partial charge in [-0.05, 0) is 26.3 Å². The number of hydrogen-bond donors (Lipinski definition) is 2. The summed E-state index contributed by atoms with van der Waals surface area (Å²) in [6, 6.07) is 0.439. The van der Waals surface area contributed by atoms with Gasteiger partial charge in [0.15, 0.2) is 0 Å². The summed E-state index contributed by atoms with van der Waals surface area (Å²) in [6.07, 6.45) is 1.69. The SMILES string of the molecule is CCN(CC)S(=O)(=O)CC(=O)NC1CCNC(C)C1. The van der Waals surface area contributed by atoms with Crippen LogP contribution in [0.5, 0.6) is 0 Å². The summed E-state index contributed by atoms with van der Waals surface area (Å²) in [4.78, 5) is 11.8. The van der Waals surface area contributed by atoms with E-state index in [-0.39, 0.29) is 6.04 Å². The molecule has 1 fully saturated rings. The van der Waals surface area contributed by atoms with Gasteiger partial charge in [0.25, 0.3) is 0 Å². The summed E-state index contributed by atoms with van der Waals surface area (Å²) in [5.41, 5.74) is 0. The van der Waals surface area contributed by atoms with Crippen LogP contribution in [0.4, 0.5) is 0 Å². The molecule has 2 unspecified atom stereocenters. The molecule has 0 radical (unpaired) electrons. The summed E-state index contributed by atoms with van der Waals surface area (Å²) in [6.45, 7) is 7.26. The highest BCUT2D eigenvalue weighted by Gasteiger charge is 2.25. The number of nitrogens with one attached hydrogen (secondary N) is 2. The van der Waals surface area contributed by atoms with Crippen LogP contribution in [0, 0.1) is 0 Å². The molecule has 0 bridgehead atoms. The number of carbonyl (C=O) groups excluding carboxylic acids is 1. The van der Waals surface area contributed by atoms with Crippen LogP contribution >= 0.6 is 0 Å². The monoisotopic (exact) mass is 291 g/mol. The van der Waals surface area contributed by atoms with Crippen LogP contribution in [-0.2, 0) is 14.8 Å². The Balaban J connectivity index is 2.50. The van der Waals surface area contributed by atoms with Gasteiger partial charge in [-0.2, -0.15) is 0 Å². The molecule has 1 heterocycles. The van der Waals surface area contributed by atoms with E-state index in [2.05, 4.69) is 17.6 Å². The minimum atomic E-state index is -3.48. The molecule has 0 aromatic heterocycles. The molecule has 0 aromatic rings. The quantitative estimate of drug-likeness (QED) is 0.717. The number of rotatable bonds is 6. The summed E-state index contributed by atoms with van der Waals surface area (Å²) in [5.74, 6) is -0.849. The lowest BCUT2D eigenvalue weighted by atomic mass is 10.0. The van der Waals surface area contributed by atoms with Gasteiger partial charge < -0.3 is 10.6 Å². The molecule has 0 aromatic carbocycles. The van der Waals surface area contributed by atoms with Crippen LogP contribution < -0.4 is 10.6 Å². The molecule has 1 aliphatic heterocycles. The first kappa shape index (κ1) is 16.4. The summed E-state index contributed by atoms with van der Waals surface area (Å²) in [7, 11) is -3.48. The van der Waals surface area contributed by atoms with E-state index in [1.165, 1.54) is 4.31 Å². The third-order valence-corrected chi connectivity index (χ3v) is 5.33. The predicted molar refractivity (Wildman–Crippen MR) is 75.3 cm³/mol. The fourth-order valence-electron chi connectivity index (χ4n) is 2.41. The van der Waals surface area contributed by atoms with Crippen LogP contribution in [0.3, 0.4) is 0 Å². The van der Waals surface area contributed by atoms with Crippen LogP contribution in [0.15, 0.2) is 0 Å². The highest BCUT2D eigenvalue weighted by Crippen LogP contribution is 2.08. The van der Waals surface area contributed by atoms with E-state index in [1.807, 2.05) is 0 Å². The molecule has 2 N–H and O–H groups in total. The molecule has 0 saturated carbocycles. The van der Waals surface area contributed by atoms with Crippen molar-refractivity contribution in [3.63, 3.8) is 0 Å². The zero-order valence-electron chi connectivity index (χ0n) is 12.0. The molecular formula is C12H25N3O3S. The molecule has 1 saturated heterocycles. The molecule has 1 amide bonds. The Hall–Kier alpha value is -0.660. The fraction of sp³-hybridized carbons (Fsp3) is 0.917. The molecule has 19 heavy (non-hydrogen) atoms. The second-order valence-corrected chi connectivity index (χ2v) is 6.95. The van der Waals surface area contributed by atoms with Crippen LogP contribution in [-0.4, -0.2) is 56.1 Å². The maximum Gasteiger partial charge on any atom is 0.236 e. The number of amides is 1. The predicted octanol–water partition coefficient (Wildman–Crippen LogP) is -0.0853. The summed E-state index contributed by atoms with van der Waals surface area (Å²) in [5, 5.41) is 6.12. The lowest BCUT2D eigenvalue weighted by Crippen LogP contribution is -2.48. The van der Waals surface area contributed by atoms with Crippen LogP contribution in [0.2, 0.25) is 0 Å². The zero-order chi connectivity index (χ0) is 14.5. The van der Waals surface area contributed by atoms with Crippen molar-refractivity contribution in [3.05, 3.63) is 0 Å². The minimum absolute atomic E-state index is 0.0793. The van der Waals surface area contributed by atoms with Crippen LogP contribution in [0.25, 0.3) is 0 Å². The Labute approximate surface area is 116 Å². The molecule has 7 heteroatoms. The third-order valence-electron chi connectivity index (χ3n) is 3.40. The summed E-state index contributed by atoms with van der Waals surface area (Å²) >= 11 is 0. The molecule has 0 spiro atoms. The maximum absolute atomic E-state index is 12.0.